The lowest BCUT2D eigenvalue weighted by molar-refractivity contribution is 0.209. The van der Waals surface area contributed by atoms with E-state index in [1.165, 1.54) is 22.6 Å². The van der Waals surface area contributed by atoms with E-state index in [9.17, 15) is 0 Å². The number of benzene rings is 1. The van der Waals surface area contributed by atoms with Crippen LogP contribution in [0, 0.1) is 0 Å². The highest BCUT2D eigenvalue weighted by Gasteiger charge is 2.19. The van der Waals surface area contributed by atoms with E-state index in [2.05, 4.69) is 44.2 Å². The third-order valence-corrected chi connectivity index (χ3v) is 4.15. The number of hydrogen-bond acceptors (Lipinski definition) is 3. The number of nitrogens with zero attached hydrogens (tertiary/aromatic N) is 3. The Bertz CT molecular complexity index is 608. The van der Waals surface area contributed by atoms with Crippen LogP contribution in [-0.4, -0.2) is 27.5 Å². The summed E-state index contributed by atoms with van der Waals surface area (Å²) in [5.74, 6) is 1.19. The normalized spacial score (nSPS) is 17.0. The lowest BCUT2D eigenvalue weighted by Crippen LogP contribution is -2.33. The van der Waals surface area contributed by atoms with E-state index in [0.717, 1.165) is 39.1 Å². The van der Waals surface area contributed by atoms with E-state index in [4.69, 9.17) is 0 Å². The number of imidazole rings is 1. The third kappa shape index (κ3) is 2.30. The molecule has 2 aliphatic heterocycles. The van der Waals surface area contributed by atoms with E-state index in [1.807, 2.05) is 6.20 Å². The molecule has 20 heavy (non-hydrogen) atoms. The first kappa shape index (κ1) is 13.5. The van der Waals surface area contributed by atoms with E-state index in [-0.39, 0.29) is 12.4 Å². The molecule has 1 N–H and O–H groups in total. The summed E-state index contributed by atoms with van der Waals surface area (Å²) >= 11 is 0. The molecule has 0 unspecified atom stereocenters. The fraction of sp³-hybridized carbons (Fsp3) is 0.400. The van der Waals surface area contributed by atoms with Gasteiger partial charge in [-0.1, -0.05) is 18.2 Å². The van der Waals surface area contributed by atoms with Gasteiger partial charge >= 0.3 is 0 Å². The Kier molecular flexibility index (Phi) is 3.68. The highest BCUT2D eigenvalue weighted by atomic mass is 35.5. The molecule has 3 heterocycles. The summed E-state index contributed by atoms with van der Waals surface area (Å²) in [5.41, 5.74) is 4.27. The zero-order valence-electron chi connectivity index (χ0n) is 11.4. The maximum atomic E-state index is 4.43. The van der Waals surface area contributed by atoms with Gasteiger partial charge in [0, 0.05) is 44.3 Å². The second-order valence-electron chi connectivity index (χ2n) is 5.38. The number of fused-ring (bicyclic) bond motifs is 2. The van der Waals surface area contributed by atoms with Crippen molar-refractivity contribution in [1.29, 1.82) is 0 Å². The largest absolute Gasteiger partial charge is 0.384 e. The second kappa shape index (κ2) is 5.46. The molecule has 1 aromatic carbocycles. The topological polar surface area (TPSA) is 33.1 Å². The number of nitrogens with one attached hydrogen (secondary N) is 1. The first-order chi connectivity index (χ1) is 9.40. The molecule has 0 amide bonds. The lowest BCUT2D eigenvalue weighted by Gasteiger charge is -2.28. The predicted molar refractivity (Wildman–Crippen MR) is 82.2 cm³/mol. The zero-order valence-corrected chi connectivity index (χ0v) is 12.2. The van der Waals surface area contributed by atoms with Crippen LogP contribution >= 0.6 is 12.4 Å². The Labute approximate surface area is 125 Å². The minimum Gasteiger partial charge on any atom is -0.384 e. The molecule has 5 heteroatoms. The SMILES string of the molecule is Cl.c1cc2c(c(CN3CCn4ccnc4C3)c1)NCC2. The molecule has 2 aromatic rings. The highest BCUT2D eigenvalue weighted by Crippen LogP contribution is 2.28. The molecular weight excluding hydrogens is 272 g/mol. The molecule has 0 saturated carbocycles. The first-order valence-corrected chi connectivity index (χ1v) is 6.97. The Morgan fingerprint density at radius 2 is 2.20 bits per heavy atom. The van der Waals surface area contributed by atoms with Crippen molar-refractivity contribution in [2.45, 2.75) is 26.1 Å². The average molecular weight is 291 g/mol. The van der Waals surface area contributed by atoms with Gasteiger partial charge in [0.2, 0.25) is 0 Å². The van der Waals surface area contributed by atoms with Gasteiger partial charge < -0.3 is 9.88 Å². The van der Waals surface area contributed by atoms with Crippen molar-refractivity contribution in [2.75, 3.05) is 18.4 Å². The maximum absolute atomic E-state index is 4.43. The lowest BCUT2D eigenvalue weighted by atomic mass is 10.1. The summed E-state index contributed by atoms with van der Waals surface area (Å²) in [6, 6.07) is 6.67. The Morgan fingerprint density at radius 1 is 1.25 bits per heavy atom. The van der Waals surface area contributed by atoms with Crippen molar-refractivity contribution in [3.63, 3.8) is 0 Å². The molecule has 0 bridgehead atoms. The summed E-state index contributed by atoms with van der Waals surface area (Å²) in [7, 11) is 0. The van der Waals surface area contributed by atoms with Crippen LogP contribution in [0.1, 0.15) is 17.0 Å². The second-order valence-corrected chi connectivity index (χ2v) is 5.38. The summed E-state index contributed by atoms with van der Waals surface area (Å²) in [6.45, 7) is 5.21. The van der Waals surface area contributed by atoms with E-state index in [0.29, 0.717) is 0 Å². The number of para-hydroxylation sites is 1. The summed E-state index contributed by atoms with van der Waals surface area (Å²) in [5, 5.41) is 3.52. The Morgan fingerprint density at radius 3 is 3.15 bits per heavy atom. The van der Waals surface area contributed by atoms with Crippen molar-refractivity contribution in [3.8, 4) is 0 Å². The molecular formula is C15H19ClN4. The summed E-state index contributed by atoms with van der Waals surface area (Å²) in [6.07, 6.45) is 5.14. The Hall–Kier alpha value is -1.52. The average Bonchev–Trinajstić information content (AvgIpc) is 3.06. The monoisotopic (exact) mass is 290 g/mol. The molecule has 0 aliphatic carbocycles. The molecule has 0 saturated heterocycles. The van der Waals surface area contributed by atoms with Gasteiger partial charge in [0.25, 0.3) is 0 Å². The first-order valence-electron chi connectivity index (χ1n) is 6.97. The van der Waals surface area contributed by atoms with Crippen LogP contribution in [0.15, 0.2) is 30.6 Å². The highest BCUT2D eigenvalue weighted by molar-refractivity contribution is 5.85. The van der Waals surface area contributed by atoms with Gasteiger partial charge in [-0.3, -0.25) is 4.90 Å². The predicted octanol–water partition coefficient (Wildman–Crippen LogP) is 2.29. The molecule has 106 valence electrons. The molecule has 0 atom stereocenters. The van der Waals surface area contributed by atoms with Crippen molar-refractivity contribution in [1.82, 2.24) is 14.5 Å². The van der Waals surface area contributed by atoms with Gasteiger partial charge in [0.1, 0.15) is 5.82 Å². The molecule has 4 nitrogen and oxygen atoms in total. The van der Waals surface area contributed by atoms with Gasteiger partial charge in [-0.05, 0) is 17.5 Å². The molecule has 4 rings (SSSR count). The zero-order chi connectivity index (χ0) is 12.7. The molecule has 0 spiro atoms. The smallest absolute Gasteiger partial charge is 0.122 e. The van der Waals surface area contributed by atoms with Gasteiger partial charge in [0.15, 0.2) is 0 Å². The molecule has 0 fully saturated rings. The summed E-state index contributed by atoms with van der Waals surface area (Å²) < 4.78 is 2.25. The fourth-order valence-electron chi connectivity index (χ4n) is 3.14. The van der Waals surface area contributed by atoms with Gasteiger partial charge in [-0.25, -0.2) is 4.98 Å². The van der Waals surface area contributed by atoms with Crippen LogP contribution in [0.2, 0.25) is 0 Å². The summed E-state index contributed by atoms with van der Waals surface area (Å²) in [4.78, 5) is 6.91. The van der Waals surface area contributed by atoms with Crippen LogP contribution < -0.4 is 5.32 Å². The van der Waals surface area contributed by atoms with E-state index >= 15 is 0 Å². The standard InChI is InChI=1S/C15H18N4.ClH/c1-2-12-4-5-17-15(12)13(3-1)10-18-8-9-19-7-6-16-14(19)11-18;/h1-3,6-7,17H,4-5,8-11H2;1H. The number of aromatic nitrogens is 2. The molecule has 1 aromatic heterocycles. The van der Waals surface area contributed by atoms with Crippen molar-refractivity contribution < 1.29 is 0 Å². The Balaban J connectivity index is 0.00000121. The van der Waals surface area contributed by atoms with Crippen LogP contribution in [-0.2, 0) is 26.1 Å². The van der Waals surface area contributed by atoms with Crippen molar-refractivity contribution >= 4 is 18.1 Å². The number of rotatable bonds is 2. The van der Waals surface area contributed by atoms with Gasteiger partial charge in [-0.15, -0.1) is 12.4 Å². The van der Waals surface area contributed by atoms with E-state index < -0.39 is 0 Å². The van der Waals surface area contributed by atoms with Crippen LogP contribution in [0.3, 0.4) is 0 Å². The number of hydrogen-bond donors (Lipinski definition) is 1. The van der Waals surface area contributed by atoms with Crippen molar-refractivity contribution in [3.05, 3.63) is 47.5 Å². The van der Waals surface area contributed by atoms with E-state index in [1.54, 1.807) is 0 Å². The third-order valence-electron chi connectivity index (χ3n) is 4.15. The number of anilines is 1. The number of halogens is 1. The quantitative estimate of drug-likeness (QED) is 0.921. The molecule has 2 aliphatic rings. The minimum atomic E-state index is 0. The van der Waals surface area contributed by atoms with Crippen molar-refractivity contribution in [2.24, 2.45) is 0 Å². The van der Waals surface area contributed by atoms with Crippen LogP contribution in [0.4, 0.5) is 5.69 Å². The van der Waals surface area contributed by atoms with Crippen LogP contribution in [0.5, 0.6) is 0 Å². The maximum Gasteiger partial charge on any atom is 0.122 e. The minimum absolute atomic E-state index is 0. The van der Waals surface area contributed by atoms with Gasteiger partial charge in [-0.2, -0.15) is 0 Å². The van der Waals surface area contributed by atoms with Gasteiger partial charge in [0.05, 0.1) is 6.54 Å². The molecule has 0 radical (unpaired) electrons. The fourth-order valence-corrected chi connectivity index (χ4v) is 3.14. The van der Waals surface area contributed by atoms with Crippen LogP contribution in [0.25, 0.3) is 0 Å².